The zero-order valence-corrected chi connectivity index (χ0v) is 20.0. The van der Waals surface area contributed by atoms with Crippen LogP contribution < -0.4 is 25.6 Å². The third-order valence-corrected chi connectivity index (χ3v) is 6.28. The maximum absolute atomic E-state index is 12.9. The number of benzene rings is 3. The molecular weight excluding hydrogens is 456 g/mol. The lowest BCUT2D eigenvalue weighted by atomic mass is 10.1. The highest BCUT2D eigenvalue weighted by atomic mass is 16.5. The molecule has 3 aromatic rings. The van der Waals surface area contributed by atoms with Crippen LogP contribution in [0, 0.1) is 0 Å². The summed E-state index contributed by atoms with van der Waals surface area (Å²) in [5.41, 5.74) is 3.25. The van der Waals surface area contributed by atoms with Gasteiger partial charge in [0.2, 0.25) is 0 Å². The summed E-state index contributed by atoms with van der Waals surface area (Å²) in [4.78, 5) is 28.0. The molecule has 0 aromatic heterocycles. The number of anilines is 3. The quantitative estimate of drug-likeness (QED) is 0.471. The summed E-state index contributed by atoms with van der Waals surface area (Å²) in [6.07, 6.45) is 1.07. The number of morpholine rings is 1. The van der Waals surface area contributed by atoms with Crippen LogP contribution in [0.2, 0.25) is 0 Å². The molecule has 2 amide bonds. The fraction of sp³-hybridized carbons (Fsp3) is 0.286. The van der Waals surface area contributed by atoms with Gasteiger partial charge in [-0.25, -0.2) is 0 Å². The van der Waals surface area contributed by atoms with Crippen LogP contribution in [-0.4, -0.2) is 57.3 Å². The molecule has 2 aliphatic rings. The summed E-state index contributed by atoms with van der Waals surface area (Å²) in [5.74, 6) is 0.162. The molecule has 2 fully saturated rings. The van der Waals surface area contributed by atoms with Gasteiger partial charge in [-0.1, -0.05) is 18.2 Å². The summed E-state index contributed by atoms with van der Waals surface area (Å²) < 4.78 is 11.4. The summed E-state index contributed by atoms with van der Waals surface area (Å²) >= 11 is 0. The lowest BCUT2D eigenvalue weighted by Gasteiger charge is -2.29. The molecule has 3 N–H and O–H groups in total. The van der Waals surface area contributed by atoms with E-state index in [-0.39, 0.29) is 17.9 Å². The molecule has 0 spiro atoms. The maximum Gasteiger partial charge on any atom is 0.255 e. The highest BCUT2D eigenvalue weighted by molar-refractivity contribution is 6.07. The van der Waals surface area contributed by atoms with Gasteiger partial charge in [0.25, 0.3) is 11.8 Å². The predicted molar refractivity (Wildman–Crippen MR) is 140 cm³/mol. The minimum Gasteiger partial charge on any atom is -0.489 e. The molecule has 36 heavy (non-hydrogen) atoms. The Labute approximate surface area is 210 Å². The standard InChI is InChI=1S/C28H30N4O4/c33-27(31-23-7-3-8-24(18-23)32-12-14-35-15-13-32)20-4-1-6-22(16-20)30-28(34)21-5-2-9-25(17-21)36-26-10-11-29-19-26/h1-9,16-18,26,29H,10-15,19H2,(H,30,34)(H,31,33). The number of nitrogens with one attached hydrogen (secondary N) is 3. The normalized spacial score (nSPS) is 17.4. The number of nitrogens with zero attached hydrogens (tertiary/aromatic N) is 1. The molecule has 2 aliphatic heterocycles. The fourth-order valence-corrected chi connectivity index (χ4v) is 4.38. The van der Waals surface area contributed by atoms with Gasteiger partial charge in [0, 0.05) is 47.8 Å². The molecule has 3 aromatic carbocycles. The van der Waals surface area contributed by atoms with Crippen molar-refractivity contribution in [1.82, 2.24) is 5.32 Å². The van der Waals surface area contributed by atoms with Crippen LogP contribution in [0.25, 0.3) is 0 Å². The SMILES string of the molecule is O=C(Nc1cccc(N2CCOCC2)c1)c1cccc(NC(=O)c2cccc(OC3CCNC3)c2)c1. The van der Waals surface area contributed by atoms with Crippen LogP contribution in [0.4, 0.5) is 17.1 Å². The van der Waals surface area contributed by atoms with Gasteiger partial charge in [0.05, 0.1) is 13.2 Å². The fourth-order valence-electron chi connectivity index (χ4n) is 4.38. The number of carbonyl (C=O) groups excluding carboxylic acids is 2. The molecule has 8 nitrogen and oxygen atoms in total. The van der Waals surface area contributed by atoms with Gasteiger partial charge < -0.3 is 30.3 Å². The zero-order valence-electron chi connectivity index (χ0n) is 20.0. The van der Waals surface area contributed by atoms with E-state index in [4.69, 9.17) is 9.47 Å². The first-order valence-corrected chi connectivity index (χ1v) is 12.3. The molecule has 8 heteroatoms. The second-order valence-corrected chi connectivity index (χ2v) is 8.90. The molecule has 0 radical (unpaired) electrons. The largest absolute Gasteiger partial charge is 0.489 e. The van der Waals surface area contributed by atoms with Crippen molar-refractivity contribution in [3.8, 4) is 5.75 Å². The van der Waals surface area contributed by atoms with Crippen molar-refractivity contribution in [2.75, 3.05) is 54.9 Å². The first-order valence-electron chi connectivity index (χ1n) is 12.3. The molecule has 1 unspecified atom stereocenters. The maximum atomic E-state index is 12.9. The molecule has 2 saturated heterocycles. The van der Waals surface area contributed by atoms with Crippen LogP contribution in [0.3, 0.4) is 0 Å². The van der Waals surface area contributed by atoms with Gasteiger partial charge in [-0.2, -0.15) is 0 Å². The second-order valence-electron chi connectivity index (χ2n) is 8.90. The highest BCUT2D eigenvalue weighted by Crippen LogP contribution is 2.22. The summed E-state index contributed by atoms with van der Waals surface area (Å²) in [6, 6.07) is 21.8. The molecule has 5 rings (SSSR count). The van der Waals surface area contributed by atoms with Crippen molar-refractivity contribution in [3.05, 3.63) is 83.9 Å². The molecule has 1 atom stereocenters. The average Bonchev–Trinajstić information content (AvgIpc) is 3.43. The van der Waals surface area contributed by atoms with Crippen molar-refractivity contribution in [3.63, 3.8) is 0 Å². The summed E-state index contributed by atoms with van der Waals surface area (Å²) in [6.45, 7) is 4.80. The van der Waals surface area contributed by atoms with E-state index in [2.05, 4.69) is 20.9 Å². The van der Waals surface area contributed by atoms with Gasteiger partial charge in [-0.05, 0) is 67.6 Å². The van der Waals surface area contributed by atoms with Crippen LogP contribution in [0.15, 0.2) is 72.8 Å². The Bertz CT molecular complexity index is 1220. The van der Waals surface area contributed by atoms with Crippen molar-refractivity contribution < 1.29 is 19.1 Å². The zero-order chi connectivity index (χ0) is 24.7. The third-order valence-electron chi connectivity index (χ3n) is 6.28. The number of carbonyl (C=O) groups is 2. The van der Waals surface area contributed by atoms with E-state index in [1.165, 1.54) is 0 Å². The van der Waals surface area contributed by atoms with Gasteiger partial charge >= 0.3 is 0 Å². The number of amides is 2. The molecule has 0 saturated carbocycles. The van der Waals surface area contributed by atoms with Gasteiger partial charge in [0.1, 0.15) is 11.9 Å². The first-order chi connectivity index (χ1) is 17.6. The average molecular weight is 487 g/mol. The number of rotatable bonds is 7. The number of hydrogen-bond acceptors (Lipinski definition) is 6. The molecule has 0 aliphatic carbocycles. The van der Waals surface area contributed by atoms with Crippen LogP contribution >= 0.6 is 0 Å². The monoisotopic (exact) mass is 486 g/mol. The van der Waals surface area contributed by atoms with Gasteiger partial charge in [-0.15, -0.1) is 0 Å². The first kappa shape index (κ1) is 23.8. The smallest absolute Gasteiger partial charge is 0.255 e. The Kier molecular flexibility index (Phi) is 7.44. The Hall–Kier alpha value is -3.88. The van der Waals surface area contributed by atoms with E-state index in [0.29, 0.717) is 41.5 Å². The lowest BCUT2D eigenvalue weighted by molar-refractivity contribution is 0.101. The number of ether oxygens (including phenoxy) is 2. The van der Waals surface area contributed by atoms with E-state index >= 15 is 0 Å². The van der Waals surface area contributed by atoms with Crippen LogP contribution in [-0.2, 0) is 4.74 Å². The van der Waals surface area contributed by atoms with Crippen molar-refractivity contribution in [2.24, 2.45) is 0 Å². The highest BCUT2D eigenvalue weighted by Gasteiger charge is 2.17. The van der Waals surface area contributed by atoms with E-state index in [1.807, 2.05) is 36.4 Å². The third kappa shape index (κ3) is 6.02. The number of hydrogen-bond donors (Lipinski definition) is 3. The topological polar surface area (TPSA) is 91.9 Å². The molecule has 0 bridgehead atoms. The van der Waals surface area contributed by atoms with Crippen molar-refractivity contribution >= 4 is 28.9 Å². The van der Waals surface area contributed by atoms with E-state index < -0.39 is 0 Å². The summed E-state index contributed by atoms with van der Waals surface area (Å²) in [5, 5.41) is 9.11. The van der Waals surface area contributed by atoms with Gasteiger partial charge in [0.15, 0.2) is 0 Å². The van der Waals surface area contributed by atoms with Crippen molar-refractivity contribution in [1.29, 1.82) is 0 Å². The van der Waals surface area contributed by atoms with Crippen LogP contribution in [0.1, 0.15) is 27.1 Å². The minimum atomic E-state index is -0.263. The molecule has 2 heterocycles. The van der Waals surface area contributed by atoms with E-state index in [9.17, 15) is 9.59 Å². The Morgan fingerprint density at radius 2 is 1.53 bits per heavy atom. The van der Waals surface area contributed by atoms with E-state index in [0.717, 1.165) is 38.3 Å². The van der Waals surface area contributed by atoms with Crippen LogP contribution in [0.5, 0.6) is 5.75 Å². The Balaban J connectivity index is 1.22. The Morgan fingerprint density at radius 1 is 0.861 bits per heavy atom. The van der Waals surface area contributed by atoms with Gasteiger partial charge in [-0.3, -0.25) is 9.59 Å². The minimum absolute atomic E-state index is 0.119. The molecule has 186 valence electrons. The second kappa shape index (κ2) is 11.2. The predicted octanol–water partition coefficient (Wildman–Crippen LogP) is 3.77. The molecular formula is C28H30N4O4. The van der Waals surface area contributed by atoms with E-state index in [1.54, 1.807) is 36.4 Å². The summed E-state index contributed by atoms with van der Waals surface area (Å²) in [7, 11) is 0. The lowest BCUT2D eigenvalue weighted by Crippen LogP contribution is -2.36. The Morgan fingerprint density at radius 3 is 2.25 bits per heavy atom. The van der Waals surface area contributed by atoms with Crippen molar-refractivity contribution in [2.45, 2.75) is 12.5 Å².